The molecule has 2 aromatic rings. The number of nitrogens with one attached hydrogen (secondary N) is 1. The van der Waals surface area contributed by atoms with Crippen molar-refractivity contribution in [2.45, 2.75) is 13.3 Å². The van der Waals surface area contributed by atoms with Crippen molar-refractivity contribution in [2.24, 2.45) is 0 Å². The average Bonchev–Trinajstić information content (AvgIpc) is 3.15. The highest BCUT2D eigenvalue weighted by atomic mass is 32.1. The molecule has 1 saturated heterocycles. The summed E-state index contributed by atoms with van der Waals surface area (Å²) in [4.78, 5) is 28.5. The molecule has 3 rings (SSSR count). The van der Waals surface area contributed by atoms with Crippen LogP contribution in [0.5, 0.6) is 0 Å². The van der Waals surface area contributed by atoms with Crippen LogP contribution in [0, 0.1) is 0 Å². The van der Waals surface area contributed by atoms with Crippen LogP contribution in [-0.2, 0) is 16.0 Å². The van der Waals surface area contributed by atoms with E-state index in [0.29, 0.717) is 45.0 Å². The Kier molecular flexibility index (Phi) is 6.00. The minimum absolute atomic E-state index is 0.113. The minimum Gasteiger partial charge on any atom is -0.450 e. The number of hydrogen-bond acceptors (Lipinski definition) is 7. The van der Waals surface area contributed by atoms with Crippen LogP contribution in [0.15, 0.2) is 29.6 Å². The monoisotopic (exact) mass is 375 g/mol. The fourth-order valence-electron chi connectivity index (χ4n) is 2.65. The molecule has 0 bridgehead atoms. The molecule has 3 heterocycles. The number of carbonyl (C=O) groups excluding carboxylic acids is 2. The van der Waals surface area contributed by atoms with Gasteiger partial charge in [0.05, 0.1) is 13.0 Å². The van der Waals surface area contributed by atoms with Gasteiger partial charge in [0, 0.05) is 31.1 Å². The first-order valence-corrected chi connectivity index (χ1v) is 9.36. The van der Waals surface area contributed by atoms with Crippen LogP contribution < -0.4 is 10.2 Å². The number of nitrogens with zero attached hydrogens (tertiary/aromatic N) is 4. The summed E-state index contributed by atoms with van der Waals surface area (Å²) in [5.74, 6) is 1.04. The molecule has 138 valence electrons. The summed E-state index contributed by atoms with van der Waals surface area (Å²) in [6, 6.07) is 7.42. The van der Waals surface area contributed by atoms with Gasteiger partial charge in [0.15, 0.2) is 11.6 Å². The lowest BCUT2D eigenvalue weighted by molar-refractivity contribution is -0.115. The molecule has 0 radical (unpaired) electrons. The van der Waals surface area contributed by atoms with E-state index in [0.717, 1.165) is 10.7 Å². The maximum Gasteiger partial charge on any atom is 0.409 e. The second kappa shape index (κ2) is 8.61. The predicted molar refractivity (Wildman–Crippen MR) is 99.5 cm³/mol. The van der Waals surface area contributed by atoms with E-state index in [4.69, 9.17) is 4.74 Å². The molecule has 1 aliphatic heterocycles. The van der Waals surface area contributed by atoms with E-state index in [2.05, 4.69) is 20.4 Å². The van der Waals surface area contributed by atoms with E-state index >= 15 is 0 Å². The van der Waals surface area contributed by atoms with Crippen LogP contribution in [0.1, 0.15) is 11.8 Å². The summed E-state index contributed by atoms with van der Waals surface area (Å²) < 4.78 is 5.01. The van der Waals surface area contributed by atoms with Crippen molar-refractivity contribution in [1.29, 1.82) is 0 Å². The number of ether oxygens (including phenoxy) is 1. The van der Waals surface area contributed by atoms with Crippen molar-refractivity contribution in [3.8, 4) is 0 Å². The number of rotatable bonds is 5. The molecule has 1 fully saturated rings. The van der Waals surface area contributed by atoms with Gasteiger partial charge >= 0.3 is 6.09 Å². The molecule has 9 heteroatoms. The highest BCUT2D eigenvalue weighted by Crippen LogP contribution is 2.15. The maximum atomic E-state index is 12.0. The fourth-order valence-corrected chi connectivity index (χ4v) is 3.36. The van der Waals surface area contributed by atoms with Crippen LogP contribution in [0.4, 0.5) is 16.4 Å². The topological polar surface area (TPSA) is 87.7 Å². The number of piperazine rings is 1. The second-order valence-corrected chi connectivity index (χ2v) is 6.79. The van der Waals surface area contributed by atoms with Gasteiger partial charge in [-0.1, -0.05) is 6.07 Å². The third-order valence-electron chi connectivity index (χ3n) is 3.96. The maximum absolute atomic E-state index is 12.0. The van der Waals surface area contributed by atoms with Gasteiger partial charge in [0.2, 0.25) is 5.91 Å². The van der Waals surface area contributed by atoms with Gasteiger partial charge in [-0.3, -0.25) is 4.79 Å². The second-order valence-electron chi connectivity index (χ2n) is 5.75. The lowest BCUT2D eigenvalue weighted by atomic mass is 10.3. The number of anilines is 2. The predicted octanol–water partition coefficient (Wildman–Crippen LogP) is 2.00. The van der Waals surface area contributed by atoms with Crippen LogP contribution >= 0.6 is 11.3 Å². The van der Waals surface area contributed by atoms with Crippen molar-refractivity contribution < 1.29 is 14.3 Å². The van der Waals surface area contributed by atoms with Gasteiger partial charge < -0.3 is 19.9 Å². The average molecular weight is 375 g/mol. The first-order chi connectivity index (χ1) is 12.7. The SMILES string of the molecule is CCOC(=O)N1CCN(c2ccc(NC(=O)Cc3cccs3)nn2)CC1. The summed E-state index contributed by atoms with van der Waals surface area (Å²) in [5.41, 5.74) is 0. The van der Waals surface area contributed by atoms with Gasteiger partial charge in [0.1, 0.15) is 0 Å². The highest BCUT2D eigenvalue weighted by molar-refractivity contribution is 7.10. The largest absolute Gasteiger partial charge is 0.450 e. The van der Waals surface area contributed by atoms with Crippen LogP contribution in [-0.4, -0.2) is 59.9 Å². The number of carbonyl (C=O) groups is 2. The van der Waals surface area contributed by atoms with Crippen molar-refractivity contribution in [2.75, 3.05) is 43.0 Å². The Morgan fingerprint density at radius 3 is 2.62 bits per heavy atom. The third kappa shape index (κ3) is 4.69. The molecule has 0 spiro atoms. The molecule has 0 atom stereocenters. The molecule has 26 heavy (non-hydrogen) atoms. The quantitative estimate of drug-likeness (QED) is 0.860. The zero-order valence-electron chi connectivity index (χ0n) is 14.6. The van der Waals surface area contributed by atoms with Gasteiger partial charge in [-0.15, -0.1) is 21.5 Å². The van der Waals surface area contributed by atoms with Gasteiger partial charge in [-0.2, -0.15) is 0 Å². The van der Waals surface area contributed by atoms with Crippen LogP contribution in [0.3, 0.4) is 0 Å². The molecule has 8 nitrogen and oxygen atoms in total. The van der Waals surface area contributed by atoms with Gasteiger partial charge in [-0.05, 0) is 30.5 Å². The lowest BCUT2D eigenvalue weighted by Crippen LogP contribution is -2.49. The van der Waals surface area contributed by atoms with Crippen LogP contribution in [0.2, 0.25) is 0 Å². The summed E-state index contributed by atoms with van der Waals surface area (Å²) in [7, 11) is 0. The van der Waals surface area contributed by atoms with Crippen molar-refractivity contribution >= 4 is 35.0 Å². The van der Waals surface area contributed by atoms with E-state index in [1.54, 1.807) is 29.2 Å². The Balaban J connectivity index is 1.50. The third-order valence-corrected chi connectivity index (χ3v) is 4.84. The van der Waals surface area contributed by atoms with Crippen molar-refractivity contribution in [1.82, 2.24) is 15.1 Å². The van der Waals surface area contributed by atoms with Gasteiger partial charge in [0.25, 0.3) is 0 Å². The minimum atomic E-state index is -0.276. The highest BCUT2D eigenvalue weighted by Gasteiger charge is 2.22. The number of amides is 2. The molecule has 2 aromatic heterocycles. The number of hydrogen-bond donors (Lipinski definition) is 1. The zero-order valence-corrected chi connectivity index (χ0v) is 15.4. The van der Waals surface area contributed by atoms with E-state index in [1.165, 1.54) is 0 Å². The Morgan fingerprint density at radius 2 is 2.00 bits per heavy atom. The van der Waals surface area contributed by atoms with E-state index in [-0.39, 0.29) is 12.0 Å². The Bertz CT molecular complexity index is 727. The lowest BCUT2D eigenvalue weighted by Gasteiger charge is -2.34. The zero-order chi connectivity index (χ0) is 18.4. The molecule has 0 unspecified atom stereocenters. The Hall–Kier alpha value is -2.68. The summed E-state index contributed by atoms with van der Waals surface area (Å²) >= 11 is 1.55. The molecule has 0 aromatic carbocycles. The molecule has 2 amide bonds. The van der Waals surface area contributed by atoms with Crippen LogP contribution in [0.25, 0.3) is 0 Å². The number of thiophene rings is 1. The smallest absolute Gasteiger partial charge is 0.409 e. The standard InChI is InChI=1S/C17H21N5O3S/c1-2-25-17(24)22-9-7-21(8-10-22)15-6-5-14(19-20-15)18-16(23)12-13-4-3-11-26-13/h3-6,11H,2,7-10,12H2,1H3,(H,18,19,23). The van der Waals surface area contributed by atoms with E-state index in [1.807, 2.05) is 23.6 Å². The first kappa shape index (κ1) is 18.1. The first-order valence-electron chi connectivity index (χ1n) is 8.48. The van der Waals surface area contributed by atoms with Crippen molar-refractivity contribution in [3.63, 3.8) is 0 Å². The van der Waals surface area contributed by atoms with Crippen molar-refractivity contribution in [3.05, 3.63) is 34.5 Å². The van der Waals surface area contributed by atoms with E-state index in [9.17, 15) is 9.59 Å². The fraction of sp³-hybridized carbons (Fsp3) is 0.412. The molecular formula is C17H21N5O3S. The molecule has 0 saturated carbocycles. The number of aromatic nitrogens is 2. The van der Waals surface area contributed by atoms with Gasteiger partial charge in [-0.25, -0.2) is 4.79 Å². The summed E-state index contributed by atoms with van der Waals surface area (Å²) in [6.07, 6.45) is 0.0544. The summed E-state index contributed by atoms with van der Waals surface area (Å²) in [6.45, 7) is 4.67. The molecule has 0 aliphatic carbocycles. The Labute approximate surface area is 155 Å². The molecule has 1 N–H and O–H groups in total. The normalized spacial score (nSPS) is 14.2. The molecular weight excluding hydrogens is 354 g/mol. The Morgan fingerprint density at radius 1 is 1.19 bits per heavy atom. The van der Waals surface area contributed by atoms with E-state index < -0.39 is 0 Å². The molecule has 1 aliphatic rings. The summed E-state index contributed by atoms with van der Waals surface area (Å²) in [5, 5.41) is 13.0.